The standard InChI is InChI=1S/C22H21BrN2O2/c1-16-7-5-8-17(13-16)14-25-12-6-10-19(22(25)27)21(26)24(2)15-18-9-3-4-11-20(18)23/h3-13H,14-15H2,1-2H3. The zero-order valence-electron chi connectivity index (χ0n) is 15.4. The summed E-state index contributed by atoms with van der Waals surface area (Å²) in [6.07, 6.45) is 1.72. The predicted octanol–water partition coefficient (Wildman–Crippen LogP) is 4.24. The summed E-state index contributed by atoms with van der Waals surface area (Å²) in [7, 11) is 1.71. The number of amides is 1. The first-order valence-corrected chi connectivity index (χ1v) is 9.49. The molecule has 3 rings (SSSR count). The van der Waals surface area contributed by atoms with E-state index in [-0.39, 0.29) is 17.0 Å². The molecule has 3 aromatic rings. The van der Waals surface area contributed by atoms with Gasteiger partial charge in [-0.1, -0.05) is 64.0 Å². The molecule has 0 radical (unpaired) electrons. The van der Waals surface area contributed by atoms with Crippen LogP contribution in [0, 0.1) is 6.92 Å². The van der Waals surface area contributed by atoms with Gasteiger partial charge in [0, 0.05) is 24.3 Å². The van der Waals surface area contributed by atoms with Crippen molar-refractivity contribution in [1.29, 1.82) is 0 Å². The number of hydrogen-bond donors (Lipinski definition) is 0. The summed E-state index contributed by atoms with van der Waals surface area (Å²) in [5.41, 5.74) is 3.07. The molecule has 0 bridgehead atoms. The molecular weight excluding hydrogens is 404 g/mol. The monoisotopic (exact) mass is 424 g/mol. The summed E-state index contributed by atoms with van der Waals surface area (Å²) in [6.45, 7) is 2.88. The Morgan fingerprint density at radius 1 is 1.07 bits per heavy atom. The molecule has 5 heteroatoms. The minimum atomic E-state index is -0.283. The lowest BCUT2D eigenvalue weighted by Gasteiger charge is -2.18. The Bertz CT molecular complexity index is 1030. The third-order valence-corrected chi connectivity index (χ3v) is 5.17. The van der Waals surface area contributed by atoms with Crippen molar-refractivity contribution in [3.05, 3.63) is 104 Å². The molecule has 138 valence electrons. The second-order valence-corrected chi connectivity index (χ2v) is 7.45. The van der Waals surface area contributed by atoms with Crippen LogP contribution in [0.25, 0.3) is 0 Å². The van der Waals surface area contributed by atoms with Gasteiger partial charge in [-0.05, 0) is 36.2 Å². The number of benzene rings is 2. The Labute approximate surface area is 167 Å². The zero-order valence-corrected chi connectivity index (χ0v) is 16.9. The van der Waals surface area contributed by atoms with Crippen molar-refractivity contribution in [3.63, 3.8) is 0 Å². The predicted molar refractivity (Wildman–Crippen MR) is 111 cm³/mol. The first-order chi connectivity index (χ1) is 13.0. The van der Waals surface area contributed by atoms with Gasteiger partial charge in [-0.3, -0.25) is 9.59 Å². The Hall–Kier alpha value is -2.66. The highest BCUT2D eigenvalue weighted by atomic mass is 79.9. The van der Waals surface area contributed by atoms with E-state index in [0.29, 0.717) is 13.1 Å². The second-order valence-electron chi connectivity index (χ2n) is 6.60. The lowest BCUT2D eigenvalue weighted by Crippen LogP contribution is -2.34. The molecule has 0 fully saturated rings. The highest BCUT2D eigenvalue weighted by Crippen LogP contribution is 2.18. The smallest absolute Gasteiger partial charge is 0.263 e. The van der Waals surface area contributed by atoms with Crippen LogP contribution in [0.5, 0.6) is 0 Å². The third kappa shape index (κ3) is 4.55. The first kappa shape index (κ1) is 19.1. The quantitative estimate of drug-likeness (QED) is 0.614. The maximum absolute atomic E-state index is 12.8. The van der Waals surface area contributed by atoms with Gasteiger partial charge in [0.2, 0.25) is 0 Å². The van der Waals surface area contributed by atoms with Crippen molar-refractivity contribution >= 4 is 21.8 Å². The molecule has 1 heterocycles. The maximum Gasteiger partial charge on any atom is 0.263 e. The van der Waals surface area contributed by atoms with E-state index in [1.807, 2.05) is 55.5 Å². The summed E-state index contributed by atoms with van der Waals surface area (Å²) in [5, 5.41) is 0. The number of aryl methyl sites for hydroxylation is 1. The van der Waals surface area contributed by atoms with E-state index >= 15 is 0 Å². The third-order valence-electron chi connectivity index (χ3n) is 4.40. The number of rotatable bonds is 5. The molecule has 2 aromatic carbocycles. The molecule has 0 saturated carbocycles. The van der Waals surface area contributed by atoms with Gasteiger partial charge in [0.25, 0.3) is 11.5 Å². The molecular formula is C22H21BrN2O2. The maximum atomic E-state index is 12.8. The molecule has 0 N–H and O–H groups in total. The average Bonchev–Trinajstić information content (AvgIpc) is 2.65. The largest absolute Gasteiger partial charge is 0.337 e. The molecule has 0 atom stereocenters. The number of nitrogens with zero attached hydrogens (tertiary/aromatic N) is 2. The van der Waals surface area contributed by atoms with Crippen LogP contribution in [0.3, 0.4) is 0 Å². The van der Waals surface area contributed by atoms with Crippen LogP contribution in [0.4, 0.5) is 0 Å². The lowest BCUT2D eigenvalue weighted by atomic mass is 10.1. The van der Waals surface area contributed by atoms with Crippen LogP contribution < -0.4 is 5.56 Å². The molecule has 27 heavy (non-hydrogen) atoms. The van der Waals surface area contributed by atoms with Crippen LogP contribution in [-0.2, 0) is 13.1 Å². The number of carbonyl (C=O) groups excluding carboxylic acids is 1. The van der Waals surface area contributed by atoms with Gasteiger partial charge >= 0.3 is 0 Å². The summed E-state index contributed by atoms with van der Waals surface area (Å²) in [4.78, 5) is 27.2. The summed E-state index contributed by atoms with van der Waals surface area (Å²) >= 11 is 3.50. The first-order valence-electron chi connectivity index (χ1n) is 8.69. The van der Waals surface area contributed by atoms with Gasteiger partial charge in [0.05, 0.1) is 6.54 Å². The highest BCUT2D eigenvalue weighted by Gasteiger charge is 2.17. The van der Waals surface area contributed by atoms with E-state index in [1.54, 1.807) is 34.8 Å². The molecule has 0 aliphatic carbocycles. The van der Waals surface area contributed by atoms with E-state index in [4.69, 9.17) is 0 Å². The average molecular weight is 425 g/mol. The molecule has 1 amide bonds. The fraction of sp³-hybridized carbons (Fsp3) is 0.182. The van der Waals surface area contributed by atoms with Crippen molar-refractivity contribution in [2.45, 2.75) is 20.0 Å². The fourth-order valence-electron chi connectivity index (χ4n) is 2.99. The Morgan fingerprint density at radius 3 is 2.59 bits per heavy atom. The molecule has 0 saturated heterocycles. The van der Waals surface area contributed by atoms with Gasteiger partial charge in [-0.25, -0.2) is 0 Å². The van der Waals surface area contributed by atoms with Crippen molar-refractivity contribution in [2.75, 3.05) is 7.05 Å². The SMILES string of the molecule is Cc1cccc(Cn2cccc(C(=O)N(C)Cc3ccccc3Br)c2=O)c1. The van der Waals surface area contributed by atoms with Gasteiger partial charge in [-0.2, -0.15) is 0 Å². The molecule has 0 aliphatic rings. The van der Waals surface area contributed by atoms with E-state index in [2.05, 4.69) is 15.9 Å². The molecule has 1 aromatic heterocycles. The second kappa shape index (κ2) is 8.35. The Balaban J connectivity index is 1.83. The van der Waals surface area contributed by atoms with Crippen molar-refractivity contribution in [3.8, 4) is 0 Å². The minimum absolute atomic E-state index is 0.180. The van der Waals surface area contributed by atoms with E-state index in [1.165, 1.54) is 0 Å². The zero-order chi connectivity index (χ0) is 19.4. The van der Waals surface area contributed by atoms with E-state index < -0.39 is 0 Å². The summed E-state index contributed by atoms with van der Waals surface area (Å²) < 4.78 is 2.52. The number of carbonyl (C=O) groups is 1. The van der Waals surface area contributed by atoms with Crippen molar-refractivity contribution in [1.82, 2.24) is 9.47 Å². The Kier molecular flexibility index (Phi) is 5.91. The highest BCUT2D eigenvalue weighted by molar-refractivity contribution is 9.10. The number of pyridine rings is 1. The Morgan fingerprint density at radius 2 is 1.85 bits per heavy atom. The number of aromatic nitrogens is 1. The normalized spacial score (nSPS) is 10.6. The topological polar surface area (TPSA) is 42.3 Å². The molecule has 0 unspecified atom stereocenters. The minimum Gasteiger partial charge on any atom is -0.337 e. The van der Waals surface area contributed by atoms with Crippen LogP contribution in [0.1, 0.15) is 27.0 Å². The molecule has 0 spiro atoms. The van der Waals surface area contributed by atoms with E-state index in [9.17, 15) is 9.59 Å². The molecule has 4 nitrogen and oxygen atoms in total. The van der Waals surface area contributed by atoms with E-state index in [0.717, 1.165) is 21.2 Å². The molecule has 0 aliphatic heterocycles. The fourth-order valence-corrected chi connectivity index (χ4v) is 3.40. The number of halogens is 1. The van der Waals surface area contributed by atoms with Crippen LogP contribution in [0.2, 0.25) is 0 Å². The van der Waals surface area contributed by atoms with Crippen LogP contribution in [0.15, 0.2) is 76.1 Å². The summed E-state index contributed by atoms with van der Waals surface area (Å²) in [6, 6.07) is 19.1. The van der Waals surface area contributed by atoms with Gasteiger partial charge in [0.15, 0.2) is 0 Å². The van der Waals surface area contributed by atoms with Gasteiger partial charge in [-0.15, -0.1) is 0 Å². The lowest BCUT2D eigenvalue weighted by molar-refractivity contribution is 0.0782. The van der Waals surface area contributed by atoms with Gasteiger partial charge in [0.1, 0.15) is 5.56 Å². The van der Waals surface area contributed by atoms with Crippen molar-refractivity contribution in [2.24, 2.45) is 0 Å². The summed E-state index contributed by atoms with van der Waals surface area (Å²) in [5.74, 6) is -0.283. The van der Waals surface area contributed by atoms with Crippen LogP contribution >= 0.6 is 15.9 Å². The van der Waals surface area contributed by atoms with Gasteiger partial charge < -0.3 is 9.47 Å². The number of hydrogen-bond acceptors (Lipinski definition) is 2. The van der Waals surface area contributed by atoms with Crippen molar-refractivity contribution < 1.29 is 4.79 Å². The van der Waals surface area contributed by atoms with Crippen LogP contribution in [-0.4, -0.2) is 22.4 Å².